The summed E-state index contributed by atoms with van der Waals surface area (Å²) in [5.41, 5.74) is 0. The van der Waals surface area contributed by atoms with Crippen molar-refractivity contribution in [1.82, 2.24) is 0 Å². The lowest BCUT2D eigenvalue weighted by molar-refractivity contribution is -0.137. The average Bonchev–Trinajstić information content (AvgIpc) is 2.52. The molecule has 3 nitrogen and oxygen atoms in total. The molecule has 1 aromatic carbocycles. The standard InChI is InChI=1S/C19H30O3/c20-19(21)16-12-7-5-3-1-2-4-6-8-13-17-22-18-14-10-9-11-15-18/h9-11,14-15H,1-8,12-13,16-17H2,(H,20,21). The van der Waals surface area contributed by atoms with Crippen molar-refractivity contribution in [2.45, 2.75) is 70.6 Å². The molecule has 3 heteroatoms. The Morgan fingerprint density at radius 1 is 0.773 bits per heavy atom. The number of unbranched alkanes of at least 4 members (excludes halogenated alkanes) is 9. The van der Waals surface area contributed by atoms with Crippen molar-refractivity contribution in [3.05, 3.63) is 30.3 Å². The normalized spacial score (nSPS) is 10.5. The Morgan fingerprint density at radius 3 is 1.82 bits per heavy atom. The van der Waals surface area contributed by atoms with E-state index in [1.807, 2.05) is 30.3 Å². The van der Waals surface area contributed by atoms with E-state index >= 15 is 0 Å². The van der Waals surface area contributed by atoms with Crippen LogP contribution < -0.4 is 4.74 Å². The number of hydrogen-bond donors (Lipinski definition) is 1. The van der Waals surface area contributed by atoms with Gasteiger partial charge in [-0.2, -0.15) is 0 Å². The molecular weight excluding hydrogens is 276 g/mol. The number of carboxylic acids is 1. The van der Waals surface area contributed by atoms with Crippen LogP contribution in [0.2, 0.25) is 0 Å². The van der Waals surface area contributed by atoms with Crippen molar-refractivity contribution < 1.29 is 14.6 Å². The van der Waals surface area contributed by atoms with Crippen LogP contribution in [0.15, 0.2) is 30.3 Å². The lowest BCUT2D eigenvalue weighted by Crippen LogP contribution is -1.96. The molecule has 124 valence electrons. The van der Waals surface area contributed by atoms with Crippen molar-refractivity contribution in [2.75, 3.05) is 6.61 Å². The maximum Gasteiger partial charge on any atom is 0.303 e. The van der Waals surface area contributed by atoms with E-state index in [9.17, 15) is 4.79 Å². The summed E-state index contributed by atoms with van der Waals surface area (Å²) in [6.07, 6.45) is 12.2. The molecule has 0 saturated carbocycles. The van der Waals surface area contributed by atoms with Gasteiger partial charge in [0.1, 0.15) is 5.75 Å². The van der Waals surface area contributed by atoms with Gasteiger partial charge in [0.2, 0.25) is 0 Å². The Balaban J connectivity index is 1.76. The molecule has 1 aromatic rings. The van der Waals surface area contributed by atoms with E-state index in [4.69, 9.17) is 9.84 Å². The van der Waals surface area contributed by atoms with Crippen molar-refractivity contribution in [1.29, 1.82) is 0 Å². The predicted molar refractivity (Wildman–Crippen MR) is 90.4 cm³/mol. The highest BCUT2D eigenvalue weighted by atomic mass is 16.5. The van der Waals surface area contributed by atoms with E-state index in [-0.39, 0.29) is 0 Å². The van der Waals surface area contributed by atoms with Crippen LogP contribution in [-0.2, 0) is 4.79 Å². The fourth-order valence-electron chi connectivity index (χ4n) is 2.50. The second-order valence-corrected chi connectivity index (χ2v) is 5.84. The van der Waals surface area contributed by atoms with E-state index in [1.54, 1.807) is 0 Å². The first-order chi connectivity index (χ1) is 10.8. The third-order valence-corrected chi connectivity index (χ3v) is 3.80. The van der Waals surface area contributed by atoms with Crippen molar-refractivity contribution >= 4 is 5.97 Å². The Labute approximate surface area is 134 Å². The molecule has 0 fully saturated rings. The summed E-state index contributed by atoms with van der Waals surface area (Å²) in [4.78, 5) is 10.4. The molecule has 0 aromatic heterocycles. The number of ether oxygens (including phenoxy) is 1. The van der Waals surface area contributed by atoms with E-state index in [0.717, 1.165) is 31.6 Å². The van der Waals surface area contributed by atoms with Gasteiger partial charge in [0.25, 0.3) is 0 Å². The zero-order valence-electron chi connectivity index (χ0n) is 13.6. The van der Waals surface area contributed by atoms with Crippen LogP contribution in [0.25, 0.3) is 0 Å². The third kappa shape index (κ3) is 11.2. The molecule has 0 saturated heterocycles. The van der Waals surface area contributed by atoms with Crippen LogP contribution in [0.5, 0.6) is 5.75 Å². The largest absolute Gasteiger partial charge is 0.494 e. The highest BCUT2D eigenvalue weighted by molar-refractivity contribution is 5.66. The molecule has 0 heterocycles. The fourth-order valence-corrected chi connectivity index (χ4v) is 2.50. The topological polar surface area (TPSA) is 46.5 Å². The highest BCUT2D eigenvalue weighted by Gasteiger charge is 1.97. The number of aliphatic carboxylic acids is 1. The quantitative estimate of drug-likeness (QED) is 0.465. The van der Waals surface area contributed by atoms with Crippen LogP contribution in [0.3, 0.4) is 0 Å². The number of carbonyl (C=O) groups is 1. The molecule has 0 amide bonds. The van der Waals surface area contributed by atoms with Gasteiger partial charge in [-0.15, -0.1) is 0 Å². The van der Waals surface area contributed by atoms with Gasteiger partial charge in [-0.25, -0.2) is 0 Å². The third-order valence-electron chi connectivity index (χ3n) is 3.80. The second-order valence-electron chi connectivity index (χ2n) is 5.84. The Bertz CT molecular complexity index is 376. The molecule has 0 spiro atoms. The van der Waals surface area contributed by atoms with Crippen LogP contribution in [0.4, 0.5) is 0 Å². The second kappa shape index (κ2) is 13.2. The zero-order chi connectivity index (χ0) is 15.9. The smallest absolute Gasteiger partial charge is 0.303 e. The van der Waals surface area contributed by atoms with E-state index in [0.29, 0.717) is 6.42 Å². The predicted octanol–water partition coefficient (Wildman–Crippen LogP) is 5.44. The van der Waals surface area contributed by atoms with Crippen molar-refractivity contribution in [2.24, 2.45) is 0 Å². The number of hydrogen-bond acceptors (Lipinski definition) is 2. The number of benzene rings is 1. The summed E-state index contributed by atoms with van der Waals surface area (Å²) in [7, 11) is 0. The SMILES string of the molecule is O=C(O)CCCCCCCCCCCCOc1ccccc1. The van der Waals surface area contributed by atoms with Crippen LogP contribution in [0.1, 0.15) is 70.6 Å². The van der Waals surface area contributed by atoms with Crippen LogP contribution in [-0.4, -0.2) is 17.7 Å². The fraction of sp³-hybridized carbons (Fsp3) is 0.632. The lowest BCUT2D eigenvalue weighted by atomic mass is 10.1. The Morgan fingerprint density at radius 2 is 1.27 bits per heavy atom. The molecule has 0 atom stereocenters. The molecule has 0 aliphatic rings. The molecule has 22 heavy (non-hydrogen) atoms. The van der Waals surface area contributed by atoms with Gasteiger partial charge in [0.15, 0.2) is 0 Å². The van der Waals surface area contributed by atoms with Gasteiger partial charge in [0.05, 0.1) is 6.61 Å². The average molecular weight is 306 g/mol. The Hall–Kier alpha value is -1.51. The van der Waals surface area contributed by atoms with Crippen LogP contribution in [0, 0.1) is 0 Å². The zero-order valence-corrected chi connectivity index (χ0v) is 13.6. The monoisotopic (exact) mass is 306 g/mol. The van der Waals surface area contributed by atoms with Gasteiger partial charge in [-0.3, -0.25) is 4.79 Å². The van der Waals surface area contributed by atoms with E-state index in [2.05, 4.69) is 0 Å². The minimum atomic E-state index is -0.670. The molecule has 0 aliphatic carbocycles. The summed E-state index contributed by atoms with van der Waals surface area (Å²) in [6.45, 7) is 0.813. The number of para-hydroxylation sites is 1. The van der Waals surface area contributed by atoms with Gasteiger partial charge in [-0.1, -0.05) is 69.6 Å². The molecule has 1 rings (SSSR count). The van der Waals surface area contributed by atoms with Gasteiger partial charge in [-0.05, 0) is 25.0 Å². The molecule has 0 radical (unpaired) electrons. The molecular formula is C19H30O3. The van der Waals surface area contributed by atoms with Gasteiger partial charge >= 0.3 is 5.97 Å². The summed E-state index contributed by atoms with van der Waals surface area (Å²) < 4.78 is 5.66. The summed E-state index contributed by atoms with van der Waals surface area (Å²) in [5, 5.41) is 8.53. The summed E-state index contributed by atoms with van der Waals surface area (Å²) in [5.74, 6) is 0.293. The van der Waals surface area contributed by atoms with Crippen LogP contribution >= 0.6 is 0 Å². The van der Waals surface area contributed by atoms with Gasteiger partial charge in [0, 0.05) is 6.42 Å². The summed E-state index contributed by atoms with van der Waals surface area (Å²) in [6, 6.07) is 9.99. The highest BCUT2D eigenvalue weighted by Crippen LogP contribution is 2.12. The minimum Gasteiger partial charge on any atom is -0.494 e. The molecule has 0 bridgehead atoms. The first-order valence-electron chi connectivity index (χ1n) is 8.68. The van der Waals surface area contributed by atoms with Crippen molar-refractivity contribution in [3.8, 4) is 5.75 Å². The van der Waals surface area contributed by atoms with E-state index < -0.39 is 5.97 Å². The minimum absolute atomic E-state index is 0.324. The maximum absolute atomic E-state index is 10.4. The lowest BCUT2D eigenvalue weighted by Gasteiger charge is -2.05. The molecule has 0 unspecified atom stereocenters. The number of rotatable bonds is 14. The maximum atomic E-state index is 10.4. The van der Waals surface area contributed by atoms with Gasteiger partial charge < -0.3 is 9.84 Å². The summed E-state index contributed by atoms with van der Waals surface area (Å²) >= 11 is 0. The first-order valence-corrected chi connectivity index (χ1v) is 8.68. The first kappa shape index (κ1) is 18.5. The van der Waals surface area contributed by atoms with Crippen molar-refractivity contribution in [3.63, 3.8) is 0 Å². The van der Waals surface area contributed by atoms with E-state index in [1.165, 1.54) is 44.9 Å². The number of carboxylic acid groups (broad SMARTS) is 1. The molecule has 1 N–H and O–H groups in total. The Kier molecular flexibility index (Phi) is 11.1. The molecule has 0 aliphatic heterocycles.